The third kappa shape index (κ3) is 38.3. The summed E-state index contributed by atoms with van der Waals surface area (Å²) in [5.74, 6) is 0. The van der Waals surface area contributed by atoms with E-state index in [2.05, 4.69) is 23.6 Å². The molecule has 0 aliphatic carbocycles. The van der Waals surface area contributed by atoms with Crippen molar-refractivity contribution < 1.29 is 51.1 Å². The predicted molar refractivity (Wildman–Crippen MR) is 273 cm³/mol. The molecule has 0 spiro atoms. The first-order chi connectivity index (χ1) is 32.0. The van der Waals surface area contributed by atoms with Crippen molar-refractivity contribution in [1.82, 2.24) is 9.80 Å². The number of hydrogen-bond donors (Lipinski definition) is 10. The lowest BCUT2D eigenvalue weighted by Crippen LogP contribution is -2.50. The van der Waals surface area contributed by atoms with Crippen molar-refractivity contribution in [2.24, 2.45) is 0 Å². The van der Waals surface area contributed by atoms with Crippen molar-refractivity contribution in [3.05, 3.63) is 0 Å². The van der Waals surface area contributed by atoms with Gasteiger partial charge in [0, 0.05) is 13.1 Å². The van der Waals surface area contributed by atoms with Crippen LogP contribution in [0.1, 0.15) is 245 Å². The van der Waals surface area contributed by atoms with E-state index >= 15 is 0 Å². The normalized spacial score (nSPS) is 15.9. The van der Waals surface area contributed by atoms with Crippen LogP contribution in [-0.4, -0.2) is 162 Å². The van der Waals surface area contributed by atoms with Gasteiger partial charge in [-0.05, 0) is 51.9 Å². The van der Waals surface area contributed by atoms with Gasteiger partial charge in [0.1, 0.15) is 36.6 Å². The van der Waals surface area contributed by atoms with Crippen molar-refractivity contribution in [3.63, 3.8) is 0 Å². The summed E-state index contributed by atoms with van der Waals surface area (Å²) in [6, 6.07) is 0. The maximum atomic E-state index is 10.8. The first-order valence-electron chi connectivity index (χ1n) is 28.1. The molecule has 0 radical (unpaired) electrons. The lowest BCUT2D eigenvalue weighted by molar-refractivity contribution is -0.119. The van der Waals surface area contributed by atoms with Gasteiger partial charge < -0.3 is 60.9 Å². The average Bonchev–Trinajstić information content (AvgIpc) is 3.32. The van der Waals surface area contributed by atoms with E-state index < -0.39 is 62.0 Å². The second-order valence-corrected chi connectivity index (χ2v) is 20.2. The summed E-state index contributed by atoms with van der Waals surface area (Å²) in [6.45, 7) is 6.34. The fraction of sp³-hybridized carbons (Fsp3) is 1.00. The molecule has 0 aliphatic heterocycles. The Morgan fingerprint density at radius 3 is 0.591 bits per heavy atom. The minimum Gasteiger partial charge on any atom is -0.394 e. The maximum Gasteiger partial charge on any atom is 0.111 e. The van der Waals surface area contributed by atoms with Crippen molar-refractivity contribution in [1.29, 1.82) is 0 Å². The van der Waals surface area contributed by atoms with Crippen LogP contribution in [0.2, 0.25) is 0 Å². The molecule has 0 saturated heterocycles. The number of rotatable bonds is 53. The Morgan fingerprint density at radius 2 is 0.409 bits per heavy atom. The number of unbranched alkanes of at least 4 members (excludes halogenated alkanes) is 33. The van der Waals surface area contributed by atoms with Crippen LogP contribution in [0.4, 0.5) is 0 Å². The van der Waals surface area contributed by atoms with E-state index in [0.717, 1.165) is 64.5 Å². The maximum absolute atomic E-state index is 10.8. The van der Waals surface area contributed by atoms with Crippen LogP contribution in [0.3, 0.4) is 0 Å². The van der Waals surface area contributed by atoms with E-state index in [4.69, 9.17) is 0 Å². The molecule has 398 valence electrons. The third-order valence-corrected chi connectivity index (χ3v) is 13.9. The quantitative estimate of drug-likeness (QED) is 0.0260. The highest BCUT2D eigenvalue weighted by molar-refractivity contribution is 4.84. The molecule has 0 bridgehead atoms. The zero-order valence-corrected chi connectivity index (χ0v) is 43.1. The highest BCUT2D eigenvalue weighted by Gasteiger charge is 2.32. The van der Waals surface area contributed by atoms with Gasteiger partial charge in [0.05, 0.1) is 25.4 Å². The summed E-state index contributed by atoms with van der Waals surface area (Å²) in [5.41, 5.74) is 0. The van der Waals surface area contributed by atoms with Crippen LogP contribution in [0.15, 0.2) is 0 Å². The lowest BCUT2D eigenvalue weighted by atomic mass is 10.0. The van der Waals surface area contributed by atoms with Gasteiger partial charge in [0.2, 0.25) is 0 Å². The Morgan fingerprint density at radius 1 is 0.242 bits per heavy atom. The van der Waals surface area contributed by atoms with Crippen LogP contribution in [0.5, 0.6) is 0 Å². The minimum absolute atomic E-state index is 0.152. The summed E-state index contributed by atoms with van der Waals surface area (Å²) in [4.78, 5) is 4.26. The average molecular weight is 949 g/mol. The fourth-order valence-corrected chi connectivity index (χ4v) is 9.25. The van der Waals surface area contributed by atoms with Crippen LogP contribution in [0, 0.1) is 0 Å². The van der Waals surface area contributed by atoms with Crippen molar-refractivity contribution in [2.45, 2.75) is 294 Å². The Kier molecular flexibility index (Phi) is 47.8. The Balaban J connectivity index is 4.79. The largest absolute Gasteiger partial charge is 0.394 e. The van der Waals surface area contributed by atoms with Gasteiger partial charge in [-0.25, -0.2) is 0 Å². The third-order valence-electron chi connectivity index (χ3n) is 13.9. The van der Waals surface area contributed by atoms with Crippen LogP contribution in [-0.2, 0) is 0 Å². The van der Waals surface area contributed by atoms with E-state index in [-0.39, 0.29) is 13.1 Å². The smallest absolute Gasteiger partial charge is 0.111 e. The van der Waals surface area contributed by atoms with Crippen LogP contribution in [0.25, 0.3) is 0 Å². The molecule has 0 aromatic heterocycles. The Labute approximate surface area is 406 Å². The fourth-order valence-electron chi connectivity index (χ4n) is 9.25. The summed E-state index contributed by atoms with van der Waals surface area (Å²) >= 11 is 0. The van der Waals surface area contributed by atoms with Gasteiger partial charge in [-0.3, -0.25) is 0 Å². The molecule has 0 saturated carbocycles. The molecular formula is C54H112N2O10. The molecule has 0 fully saturated rings. The monoisotopic (exact) mass is 949 g/mol. The van der Waals surface area contributed by atoms with Gasteiger partial charge in [0.15, 0.2) is 0 Å². The zero-order chi connectivity index (χ0) is 48.9. The molecule has 0 aromatic carbocycles. The number of aliphatic hydroxyl groups excluding tert-OH is 10. The summed E-state index contributed by atoms with van der Waals surface area (Å²) < 4.78 is 0. The molecule has 0 amide bonds. The molecule has 0 heterocycles. The van der Waals surface area contributed by atoms with E-state index in [9.17, 15) is 51.1 Å². The molecule has 0 aliphatic rings. The molecule has 0 aromatic rings. The van der Waals surface area contributed by atoms with E-state index in [1.807, 2.05) is 0 Å². The zero-order valence-electron chi connectivity index (χ0n) is 43.1. The molecule has 12 heteroatoms. The van der Waals surface area contributed by atoms with E-state index in [1.54, 1.807) is 0 Å². The second-order valence-electron chi connectivity index (χ2n) is 20.2. The molecule has 12 nitrogen and oxygen atoms in total. The minimum atomic E-state index is -1.65. The standard InChI is InChI=1S/C54H112N2O10/c1-3-5-7-9-11-13-15-17-19-21-23-25-27-29-31-35-39-55(43-47(59)51(63)53(65)49(61)45-57)41-37-33-34-38-42-56(44-48(60)52(64)54(66)50(62)46-58)40-36-32-30-28-26-24-22-20-18-16-14-12-10-8-6-4-2/h47-54,57-66H,3-46H2,1-2H3/t47-,48-,49+,50+,51+,52+,53+,54+/m0/s1. The molecule has 8 atom stereocenters. The number of hydrogen-bond acceptors (Lipinski definition) is 12. The topological polar surface area (TPSA) is 209 Å². The van der Waals surface area contributed by atoms with Gasteiger partial charge >= 0.3 is 0 Å². The van der Waals surface area contributed by atoms with Crippen molar-refractivity contribution in [3.8, 4) is 0 Å². The van der Waals surface area contributed by atoms with E-state index in [1.165, 1.54) is 180 Å². The second kappa shape index (κ2) is 48.2. The summed E-state index contributed by atoms with van der Waals surface area (Å²) in [7, 11) is 0. The number of nitrogens with zero attached hydrogens (tertiary/aromatic N) is 2. The number of aliphatic hydroxyl groups is 10. The first kappa shape index (κ1) is 65.5. The highest BCUT2D eigenvalue weighted by atomic mass is 16.4. The van der Waals surface area contributed by atoms with Gasteiger partial charge in [-0.1, -0.05) is 219 Å². The van der Waals surface area contributed by atoms with Gasteiger partial charge in [0.25, 0.3) is 0 Å². The molecule has 10 N–H and O–H groups in total. The Bertz CT molecular complexity index is 898. The SMILES string of the molecule is CCCCCCCCCCCCCCCCCCN(CCCCCCN(CCCCCCCCCCCCCCCCCC)C[C@H](O)[C@@H](O)[C@H](O)[C@H](O)CO)C[C@H](O)[C@@H](O)[C@H](O)[C@H](O)CO. The van der Waals surface area contributed by atoms with Gasteiger partial charge in [-0.2, -0.15) is 0 Å². The molecular weight excluding hydrogens is 837 g/mol. The highest BCUT2D eigenvalue weighted by Crippen LogP contribution is 2.18. The predicted octanol–water partition coefficient (Wildman–Crippen LogP) is 8.55. The molecule has 0 unspecified atom stereocenters. The van der Waals surface area contributed by atoms with Crippen molar-refractivity contribution >= 4 is 0 Å². The van der Waals surface area contributed by atoms with Crippen LogP contribution < -0.4 is 0 Å². The summed E-state index contributed by atoms with van der Waals surface area (Å²) in [6.07, 6.45) is 32.8. The van der Waals surface area contributed by atoms with Crippen molar-refractivity contribution in [2.75, 3.05) is 52.5 Å². The van der Waals surface area contributed by atoms with E-state index in [0.29, 0.717) is 13.1 Å². The first-order valence-corrected chi connectivity index (χ1v) is 28.1. The van der Waals surface area contributed by atoms with Crippen LogP contribution >= 0.6 is 0 Å². The Hall–Kier alpha value is -0.480. The van der Waals surface area contributed by atoms with Gasteiger partial charge in [-0.15, -0.1) is 0 Å². The molecule has 0 rings (SSSR count). The molecule has 66 heavy (non-hydrogen) atoms. The lowest BCUT2D eigenvalue weighted by Gasteiger charge is -2.31. The summed E-state index contributed by atoms with van der Waals surface area (Å²) in [5, 5.41) is 101.